The van der Waals surface area contributed by atoms with E-state index in [1.807, 2.05) is 6.20 Å². The first-order chi connectivity index (χ1) is 5.43. The molecule has 0 radical (unpaired) electrons. The van der Waals surface area contributed by atoms with E-state index in [4.69, 9.17) is 5.73 Å². The fourth-order valence-corrected chi connectivity index (χ4v) is 1.64. The summed E-state index contributed by atoms with van der Waals surface area (Å²) >= 11 is 0. The normalized spacial score (nSPS) is 21.8. The van der Waals surface area contributed by atoms with E-state index in [2.05, 4.69) is 5.32 Å². The lowest BCUT2D eigenvalue weighted by atomic mass is 10.1. The summed E-state index contributed by atoms with van der Waals surface area (Å²) in [6.07, 6.45) is 11.6. The molecule has 0 aromatic carbocycles. The molecule has 2 heteroatoms. The monoisotopic (exact) mass is 154 g/mol. The van der Waals surface area contributed by atoms with Gasteiger partial charge in [0.15, 0.2) is 0 Å². The van der Waals surface area contributed by atoms with Crippen molar-refractivity contribution in [1.29, 1.82) is 0 Å². The van der Waals surface area contributed by atoms with Crippen LogP contribution in [0.2, 0.25) is 0 Å². The third-order valence-corrected chi connectivity index (χ3v) is 2.28. The minimum atomic E-state index is 0.678. The molecule has 1 rings (SSSR count). The first kappa shape index (κ1) is 8.44. The number of nitrogens with two attached hydrogens (primary N) is 1. The molecule has 64 valence electrons. The standard InChI is InChI=1S/C9H18N2/c10-7-8-11-9-5-3-1-2-4-6-9/h7-9,11H,1-6,10H2/b8-7+. The largest absolute Gasteiger partial charge is 0.403 e. The highest BCUT2D eigenvalue weighted by Crippen LogP contribution is 2.16. The van der Waals surface area contributed by atoms with E-state index in [0.29, 0.717) is 6.04 Å². The number of nitrogens with one attached hydrogen (secondary N) is 1. The van der Waals surface area contributed by atoms with Crippen LogP contribution in [0.3, 0.4) is 0 Å². The summed E-state index contributed by atoms with van der Waals surface area (Å²) in [5.74, 6) is 0. The average molecular weight is 154 g/mol. The van der Waals surface area contributed by atoms with Gasteiger partial charge >= 0.3 is 0 Å². The molecule has 0 saturated heterocycles. The molecule has 0 unspecified atom stereocenters. The first-order valence-electron chi connectivity index (χ1n) is 4.56. The van der Waals surface area contributed by atoms with Crippen molar-refractivity contribution in [3.63, 3.8) is 0 Å². The Morgan fingerprint density at radius 2 is 1.73 bits per heavy atom. The molecule has 0 atom stereocenters. The summed E-state index contributed by atoms with van der Waals surface area (Å²) in [6.45, 7) is 0. The zero-order chi connectivity index (χ0) is 7.94. The van der Waals surface area contributed by atoms with Crippen LogP contribution in [0, 0.1) is 0 Å². The van der Waals surface area contributed by atoms with E-state index in [9.17, 15) is 0 Å². The van der Waals surface area contributed by atoms with Crippen molar-refractivity contribution in [3.8, 4) is 0 Å². The van der Waals surface area contributed by atoms with Gasteiger partial charge in [-0.1, -0.05) is 25.7 Å². The second kappa shape index (κ2) is 5.05. The highest BCUT2D eigenvalue weighted by Gasteiger charge is 2.08. The van der Waals surface area contributed by atoms with Gasteiger partial charge in [0.05, 0.1) is 0 Å². The van der Waals surface area contributed by atoms with Crippen LogP contribution in [-0.2, 0) is 0 Å². The maximum absolute atomic E-state index is 5.24. The molecule has 0 aromatic rings. The summed E-state index contributed by atoms with van der Waals surface area (Å²) < 4.78 is 0. The number of hydrogen-bond donors (Lipinski definition) is 2. The topological polar surface area (TPSA) is 38.0 Å². The molecule has 1 fully saturated rings. The van der Waals surface area contributed by atoms with Gasteiger partial charge in [0.25, 0.3) is 0 Å². The zero-order valence-electron chi connectivity index (χ0n) is 7.05. The molecule has 1 aliphatic rings. The van der Waals surface area contributed by atoms with Crippen LogP contribution in [0.4, 0.5) is 0 Å². The predicted molar refractivity (Wildman–Crippen MR) is 48.0 cm³/mol. The Bertz CT molecular complexity index is 113. The molecule has 0 spiro atoms. The van der Waals surface area contributed by atoms with Crippen LogP contribution in [0.1, 0.15) is 38.5 Å². The summed E-state index contributed by atoms with van der Waals surface area (Å²) in [6, 6.07) is 0.678. The summed E-state index contributed by atoms with van der Waals surface area (Å²) in [5.41, 5.74) is 5.24. The lowest BCUT2D eigenvalue weighted by Crippen LogP contribution is -2.23. The molecule has 2 nitrogen and oxygen atoms in total. The van der Waals surface area contributed by atoms with Crippen LogP contribution < -0.4 is 11.1 Å². The Labute approximate surface area is 68.9 Å². The molecule has 0 aromatic heterocycles. The third-order valence-electron chi connectivity index (χ3n) is 2.28. The van der Waals surface area contributed by atoms with Gasteiger partial charge in [-0.2, -0.15) is 0 Å². The lowest BCUT2D eigenvalue weighted by Gasteiger charge is -2.13. The van der Waals surface area contributed by atoms with E-state index in [1.165, 1.54) is 38.5 Å². The Balaban J connectivity index is 2.19. The van der Waals surface area contributed by atoms with Crippen LogP contribution in [0.15, 0.2) is 12.4 Å². The zero-order valence-corrected chi connectivity index (χ0v) is 7.05. The minimum Gasteiger partial charge on any atom is -0.403 e. The van der Waals surface area contributed by atoms with Gasteiger partial charge in [0.2, 0.25) is 0 Å². The Hall–Kier alpha value is -0.660. The lowest BCUT2D eigenvalue weighted by molar-refractivity contribution is 0.516. The van der Waals surface area contributed by atoms with Gasteiger partial charge in [-0.05, 0) is 12.8 Å². The Morgan fingerprint density at radius 1 is 1.09 bits per heavy atom. The van der Waals surface area contributed by atoms with Crippen molar-refractivity contribution < 1.29 is 0 Å². The quantitative estimate of drug-likeness (QED) is 0.594. The highest BCUT2D eigenvalue weighted by atomic mass is 14.9. The van der Waals surface area contributed by atoms with Crippen molar-refractivity contribution >= 4 is 0 Å². The van der Waals surface area contributed by atoms with Gasteiger partial charge in [0, 0.05) is 18.4 Å². The fraction of sp³-hybridized carbons (Fsp3) is 0.778. The molecule has 3 N–H and O–H groups in total. The SMILES string of the molecule is N/C=C/NC1CCCCCC1. The van der Waals surface area contributed by atoms with E-state index < -0.39 is 0 Å². The van der Waals surface area contributed by atoms with E-state index >= 15 is 0 Å². The van der Waals surface area contributed by atoms with Crippen molar-refractivity contribution in [2.75, 3.05) is 0 Å². The third kappa shape index (κ3) is 3.30. The smallest absolute Gasteiger partial charge is 0.0256 e. The second-order valence-electron chi connectivity index (χ2n) is 3.21. The summed E-state index contributed by atoms with van der Waals surface area (Å²) in [5, 5.41) is 3.31. The molecule has 0 aliphatic heterocycles. The fourth-order valence-electron chi connectivity index (χ4n) is 1.64. The predicted octanol–water partition coefficient (Wildman–Crippen LogP) is 1.73. The van der Waals surface area contributed by atoms with Crippen LogP contribution in [-0.4, -0.2) is 6.04 Å². The minimum absolute atomic E-state index is 0.678. The number of rotatable bonds is 2. The highest BCUT2D eigenvalue weighted by molar-refractivity contribution is 4.80. The molecule has 0 bridgehead atoms. The van der Waals surface area contributed by atoms with Gasteiger partial charge in [-0.15, -0.1) is 0 Å². The van der Waals surface area contributed by atoms with Crippen molar-refractivity contribution in [2.45, 2.75) is 44.6 Å². The maximum Gasteiger partial charge on any atom is 0.0256 e. The molecular formula is C9H18N2. The van der Waals surface area contributed by atoms with E-state index in [-0.39, 0.29) is 0 Å². The van der Waals surface area contributed by atoms with Crippen molar-refractivity contribution in [1.82, 2.24) is 5.32 Å². The molecule has 11 heavy (non-hydrogen) atoms. The molecule has 1 saturated carbocycles. The van der Waals surface area contributed by atoms with Gasteiger partial charge < -0.3 is 11.1 Å². The van der Waals surface area contributed by atoms with Crippen LogP contribution in [0.25, 0.3) is 0 Å². The Kier molecular flexibility index (Phi) is 3.87. The second-order valence-corrected chi connectivity index (χ2v) is 3.21. The van der Waals surface area contributed by atoms with Gasteiger partial charge in [-0.25, -0.2) is 0 Å². The van der Waals surface area contributed by atoms with Crippen molar-refractivity contribution in [3.05, 3.63) is 12.4 Å². The van der Waals surface area contributed by atoms with Gasteiger partial charge in [0.1, 0.15) is 0 Å². The molecular weight excluding hydrogens is 136 g/mol. The summed E-state index contributed by atoms with van der Waals surface area (Å²) in [7, 11) is 0. The van der Waals surface area contributed by atoms with Gasteiger partial charge in [-0.3, -0.25) is 0 Å². The van der Waals surface area contributed by atoms with Crippen LogP contribution in [0.5, 0.6) is 0 Å². The first-order valence-corrected chi connectivity index (χ1v) is 4.56. The van der Waals surface area contributed by atoms with E-state index in [0.717, 1.165) is 0 Å². The van der Waals surface area contributed by atoms with E-state index in [1.54, 1.807) is 6.20 Å². The summed E-state index contributed by atoms with van der Waals surface area (Å²) in [4.78, 5) is 0. The number of hydrogen-bond acceptors (Lipinski definition) is 2. The molecule has 0 heterocycles. The molecule has 0 amide bonds. The average Bonchev–Trinajstić information content (AvgIpc) is 2.28. The molecule has 1 aliphatic carbocycles. The van der Waals surface area contributed by atoms with Crippen LogP contribution >= 0.6 is 0 Å². The maximum atomic E-state index is 5.24. The Morgan fingerprint density at radius 3 is 2.27 bits per heavy atom. The van der Waals surface area contributed by atoms with Crippen molar-refractivity contribution in [2.24, 2.45) is 5.73 Å².